The lowest BCUT2D eigenvalue weighted by atomic mass is 10.0. The normalized spacial score (nSPS) is 14.3. The highest BCUT2D eigenvalue weighted by molar-refractivity contribution is 7.65. The van der Waals surface area contributed by atoms with Gasteiger partial charge < -0.3 is 15.0 Å². The molecule has 1 amide bonds. The van der Waals surface area contributed by atoms with Crippen LogP contribution in [0, 0.1) is 0 Å². The van der Waals surface area contributed by atoms with E-state index in [4.69, 9.17) is 0 Å². The smallest absolute Gasteiger partial charge is 0.416 e. The number of halogens is 3. The first kappa shape index (κ1) is 25.7. The zero-order valence-electron chi connectivity index (χ0n) is 18.3. The van der Waals surface area contributed by atoms with Crippen LogP contribution >= 0.6 is 7.14 Å². The summed E-state index contributed by atoms with van der Waals surface area (Å²) in [5.74, 6) is -2.09. The maximum Gasteiger partial charge on any atom is 0.416 e. The number of carbonyl (C=O) groups is 2. The minimum Gasteiger partial charge on any atom is -0.480 e. The summed E-state index contributed by atoms with van der Waals surface area (Å²) in [4.78, 5) is 25.0. The summed E-state index contributed by atoms with van der Waals surface area (Å²) in [5.41, 5.74) is -2.66. The second-order valence-corrected chi connectivity index (χ2v) is 12.3. The Bertz CT molecular complexity index is 977. The lowest BCUT2D eigenvalue weighted by Gasteiger charge is -2.38. The van der Waals surface area contributed by atoms with Crippen LogP contribution in [0.3, 0.4) is 0 Å². The number of amides is 1. The maximum atomic E-state index is 14.2. The molecular weight excluding hydrogens is 442 g/mol. The van der Waals surface area contributed by atoms with Gasteiger partial charge in [-0.1, -0.05) is 58.0 Å². The van der Waals surface area contributed by atoms with Crippen LogP contribution in [-0.4, -0.2) is 34.3 Å². The summed E-state index contributed by atoms with van der Waals surface area (Å²) >= 11 is 0. The molecule has 0 bridgehead atoms. The Kier molecular flexibility index (Phi) is 7.94. The van der Waals surface area contributed by atoms with Gasteiger partial charge >= 0.3 is 12.1 Å². The number of benzene rings is 2. The first-order chi connectivity index (χ1) is 14.8. The molecule has 0 spiro atoms. The summed E-state index contributed by atoms with van der Waals surface area (Å²) in [6.07, 6.45) is -4.57. The zero-order valence-corrected chi connectivity index (χ0v) is 19.2. The van der Waals surface area contributed by atoms with Crippen molar-refractivity contribution in [3.05, 3.63) is 71.3 Å². The molecule has 2 aromatic carbocycles. The molecule has 2 aromatic rings. The summed E-state index contributed by atoms with van der Waals surface area (Å²) < 4.78 is 53.4. The van der Waals surface area contributed by atoms with E-state index < -0.39 is 53.8 Å². The van der Waals surface area contributed by atoms with Crippen molar-refractivity contribution in [2.75, 3.05) is 0 Å². The van der Waals surface area contributed by atoms with Crippen molar-refractivity contribution in [2.45, 2.75) is 56.9 Å². The van der Waals surface area contributed by atoms with Gasteiger partial charge in [-0.3, -0.25) is 4.79 Å². The second kappa shape index (κ2) is 9.90. The van der Waals surface area contributed by atoms with Crippen LogP contribution in [0.1, 0.15) is 54.8 Å². The third-order valence-electron chi connectivity index (χ3n) is 5.53. The van der Waals surface area contributed by atoms with Gasteiger partial charge in [0, 0.05) is 16.9 Å². The largest absolute Gasteiger partial charge is 0.480 e. The van der Waals surface area contributed by atoms with Crippen LogP contribution in [0.5, 0.6) is 0 Å². The zero-order chi connectivity index (χ0) is 24.3. The summed E-state index contributed by atoms with van der Waals surface area (Å²) in [5, 5.41) is 12.5. The molecule has 0 heterocycles. The van der Waals surface area contributed by atoms with Crippen LogP contribution in [0.2, 0.25) is 0 Å². The van der Waals surface area contributed by atoms with E-state index in [2.05, 4.69) is 5.32 Å². The highest BCUT2D eigenvalue weighted by Crippen LogP contribution is 2.67. The lowest BCUT2D eigenvalue weighted by molar-refractivity contribution is -0.139. The molecule has 0 fully saturated rings. The van der Waals surface area contributed by atoms with E-state index in [1.807, 2.05) is 0 Å². The SMILES string of the molecule is CC(C)P(=O)(C(C)C)C(c1ccc(C(F)(F)F)cc1)C(NC(=O)c1ccccc1)C(=O)O. The van der Waals surface area contributed by atoms with Crippen LogP contribution in [-0.2, 0) is 15.5 Å². The molecule has 5 nitrogen and oxygen atoms in total. The Morgan fingerprint density at radius 1 is 0.906 bits per heavy atom. The Balaban J connectivity index is 2.63. The molecule has 32 heavy (non-hydrogen) atoms. The van der Waals surface area contributed by atoms with E-state index >= 15 is 0 Å². The number of alkyl halides is 3. The van der Waals surface area contributed by atoms with Crippen LogP contribution < -0.4 is 5.32 Å². The van der Waals surface area contributed by atoms with Crippen LogP contribution in [0.4, 0.5) is 13.2 Å². The molecule has 0 saturated carbocycles. The number of carboxylic acids is 1. The van der Waals surface area contributed by atoms with Crippen molar-refractivity contribution in [3.63, 3.8) is 0 Å². The van der Waals surface area contributed by atoms with Crippen molar-refractivity contribution in [3.8, 4) is 0 Å². The number of hydrogen-bond donors (Lipinski definition) is 2. The maximum absolute atomic E-state index is 14.2. The van der Waals surface area contributed by atoms with Crippen molar-refractivity contribution < 1.29 is 32.4 Å². The van der Waals surface area contributed by atoms with Gasteiger partial charge in [0.2, 0.25) is 0 Å². The second-order valence-electron chi connectivity index (χ2n) is 8.17. The molecule has 0 aromatic heterocycles. The Morgan fingerprint density at radius 2 is 1.41 bits per heavy atom. The number of aliphatic carboxylic acids is 1. The van der Waals surface area contributed by atoms with Gasteiger partial charge in [-0.25, -0.2) is 4.79 Å². The molecule has 0 aliphatic rings. The van der Waals surface area contributed by atoms with Gasteiger partial charge in [0.15, 0.2) is 0 Å². The minimum absolute atomic E-state index is 0.171. The molecular formula is C23H27F3NO4P. The first-order valence-electron chi connectivity index (χ1n) is 10.1. The van der Waals surface area contributed by atoms with E-state index in [-0.39, 0.29) is 11.1 Å². The third-order valence-corrected chi connectivity index (χ3v) is 10.2. The van der Waals surface area contributed by atoms with Gasteiger partial charge in [0.25, 0.3) is 5.91 Å². The summed E-state index contributed by atoms with van der Waals surface area (Å²) in [7, 11) is -3.39. The standard InChI is InChI=1S/C23H27F3NO4P/c1-14(2)32(31,15(3)4)20(16-10-12-18(13-11-16)23(24,25)26)19(22(29)30)27-21(28)17-8-6-5-7-9-17/h5-15,19-20H,1-4H3,(H,27,28)(H,29,30). The number of carboxylic acid groups (broad SMARTS) is 1. The fourth-order valence-corrected chi connectivity index (χ4v) is 7.64. The monoisotopic (exact) mass is 469 g/mol. The molecule has 9 heteroatoms. The molecule has 2 N–H and O–H groups in total. The lowest BCUT2D eigenvalue weighted by Crippen LogP contribution is -2.46. The van der Waals surface area contributed by atoms with Crippen molar-refractivity contribution >= 4 is 19.0 Å². The van der Waals surface area contributed by atoms with Crippen LogP contribution in [0.25, 0.3) is 0 Å². The predicted octanol–water partition coefficient (Wildman–Crippen LogP) is 5.81. The Morgan fingerprint density at radius 3 is 1.81 bits per heavy atom. The van der Waals surface area contributed by atoms with E-state index in [9.17, 15) is 32.4 Å². The minimum atomic E-state index is -4.57. The molecule has 0 aliphatic heterocycles. The molecule has 0 radical (unpaired) electrons. The first-order valence-corrected chi connectivity index (χ1v) is 12.1. The fourth-order valence-electron chi connectivity index (χ4n) is 3.86. The molecule has 0 aliphatic carbocycles. The molecule has 174 valence electrons. The van der Waals surface area contributed by atoms with Gasteiger partial charge in [-0.05, 0) is 29.8 Å². The average Bonchev–Trinajstić information content (AvgIpc) is 2.72. The molecule has 0 saturated heterocycles. The van der Waals surface area contributed by atoms with E-state index in [1.54, 1.807) is 45.9 Å². The quantitative estimate of drug-likeness (QED) is 0.478. The number of hydrogen-bond acceptors (Lipinski definition) is 3. The van der Waals surface area contributed by atoms with E-state index in [0.717, 1.165) is 24.3 Å². The third kappa shape index (κ3) is 5.41. The number of nitrogens with one attached hydrogen (secondary N) is 1. The average molecular weight is 469 g/mol. The van der Waals surface area contributed by atoms with Crippen molar-refractivity contribution in [1.82, 2.24) is 5.32 Å². The van der Waals surface area contributed by atoms with Crippen molar-refractivity contribution in [1.29, 1.82) is 0 Å². The summed E-state index contributed by atoms with van der Waals surface area (Å²) in [6.45, 7) is 6.76. The Hall–Kier alpha value is -2.60. The molecule has 2 atom stereocenters. The highest BCUT2D eigenvalue weighted by Gasteiger charge is 2.47. The highest BCUT2D eigenvalue weighted by atomic mass is 31.2. The predicted molar refractivity (Wildman–Crippen MR) is 117 cm³/mol. The van der Waals surface area contributed by atoms with Gasteiger partial charge in [0.1, 0.15) is 13.2 Å². The number of carbonyl (C=O) groups excluding carboxylic acids is 1. The number of rotatable bonds is 8. The molecule has 2 unspecified atom stereocenters. The molecule has 2 rings (SSSR count). The fraction of sp³-hybridized carbons (Fsp3) is 0.391. The van der Waals surface area contributed by atoms with Gasteiger partial charge in [0.05, 0.1) is 11.2 Å². The van der Waals surface area contributed by atoms with Crippen LogP contribution in [0.15, 0.2) is 54.6 Å². The topological polar surface area (TPSA) is 83.5 Å². The van der Waals surface area contributed by atoms with Gasteiger partial charge in [-0.15, -0.1) is 0 Å². The van der Waals surface area contributed by atoms with Crippen molar-refractivity contribution in [2.24, 2.45) is 0 Å². The van der Waals surface area contributed by atoms with Gasteiger partial charge in [-0.2, -0.15) is 13.2 Å². The Labute approximate surface area is 185 Å². The summed E-state index contributed by atoms with van der Waals surface area (Å²) in [6, 6.07) is 10.3. The van der Waals surface area contributed by atoms with E-state index in [0.29, 0.717) is 0 Å². The van der Waals surface area contributed by atoms with E-state index in [1.165, 1.54) is 12.1 Å².